The van der Waals surface area contributed by atoms with E-state index in [4.69, 9.17) is 14.2 Å². The third kappa shape index (κ3) is 67.0. The molecule has 1 unspecified atom stereocenters. The van der Waals surface area contributed by atoms with Gasteiger partial charge in [0, 0.05) is 19.3 Å². The molecule has 0 aromatic carbocycles. The van der Waals surface area contributed by atoms with Gasteiger partial charge in [-0.25, -0.2) is 0 Å². The summed E-state index contributed by atoms with van der Waals surface area (Å²) >= 11 is 0. The van der Waals surface area contributed by atoms with Crippen LogP contribution in [0.2, 0.25) is 0 Å². The molecule has 0 aromatic heterocycles. The second-order valence-electron chi connectivity index (χ2n) is 23.1. The fraction of sp³-hybridized carbons (Fsp3) is 0.747. The average Bonchev–Trinajstić information content (AvgIpc) is 3.47. The highest BCUT2D eigenvalue weighted by Gasteiger charge is 2.19. The largest absolute Gasteiger partial charge is 0.462 e. The molecule has 0 heterocycles. The van der Waals surface area contributed by atoms with Gasteiger partial charge in [0.2, 0.25) is 0 Å². The van der Waals surface area contributed by atoms with E-state index in [9.17, 15) is 14.4 Å². The quantitative estimate of drug-likeness (QED) is 0.0261. The zero-order chi connectivity index (χ0) is 58.5. The van der Waals surface area contributed by atoms with Crippen LogP contribution in [-0.4, -0.2) is 37.2 Å². The maximum Gasteiger partial charge on any atom is 0.306 e. The summed E-state index contributed by atoms with van der Waals surface area (Å²) < 4.78 is 17.0. The van der Waals surface area contributed by atoms with Crippen LogP contribution < -0.4 is 0 Å². The van der Waals surface area contributed by atoms with Gasteiger partial charge in [-0.2, -0.15) is 0 Å². The maximum atomic E-state index is 13.0. The molecule has 0 saturated heterocycles. The van der Waals surface area contributed by atoms with Gasteiger partial charge < -0.3 is 14.2 Å². The van der Waals surface area contributed by atoms with Gasteiger partial charge in [0.05, 0.1) is 0 Å². The number of rotatable bonds is 63. The second kappa shape index (κ2) is 68.8. The Bertz CT molecular complexity index is 1580. The summed E-state index contributed by atoms with van der Waals surface area (Å²) in [6.45, 7) is 6.52. The Balaban J connectivity index is 4.37. The molecule has 6 heteroatoms. The van der Waals surface area contributed by atoms with Crippen molar-refractivity contribution in [2.75, 3.05) is 13.2 Å². The van der Waals surface area contributed by atoms with Crippen molar-refractivity contribution in [3.05, 3.63) is 97.2 Å². The van der Waals surface area contributed by atoms with Crippen LogP contribution in [0.3, 0.4) is 0 Å². The molecule has 0 spiro atoms. The molecule has 0 radical (unpaired) electrons. The number of ether oxygens (including phenoxy) is 3. The first kappa shape index (κ1) is 77.3. The molecule has 0 aromatic rings. The minimum Gasteiger partial charge on any atom is -0.462 e. The SMILES string of the molecule is CC/C=C\C/C=C\C/C=C\C/C=C\CCCCCCCCCCCCC(=O)OCC(COC(=O)CCCCCCCCC/C=C\C/C=C\CCCCC)OC(=O)CCCCCCCCCCCCC/C=C\C/C=C\CCCCCCC. The highest BCUT2D eigenvalue weighted by atomic mass is 16.6. The second-order valence-corrected chi connectivity index (χ2v) is 23.1. The van der Waals surface area contributed by atoms with E-state index in [1.165, 1.54) is 199 Å². The fourth-order valence-corrected chi connectivity index (χ4v) is 9.85. The van der Waals surface area contributed by atoms with Crippen molar-refractivity contribution < 1.29 is 28.6 Å². The van der Waals surface area contributed by atoms with Gasteiger partial charge in [0.1, 0.15) is 13.2 Å². The van der Waals surface area contributed by atoms with Crippen molar-refractivity contribution in [2.45, 2.75) is 348 Å². The van der Waals surface area contributed by atoms with Gasteiger partial charge in [0.25, 0.3) is 0 Å². The number of hydrogen-bond donors (Lipinski definition) is 0. The van der Waals surface area contributed by atoms with Crippen LogP contribution in [0.5, 0.6) is 0 Å². The first-order valence-corrected chi connectivity index (χ1v) is 34.7. The number of hydrogen-bond acceptors (Lipinski definition) is 6. The first-order valence-electron chi connectivity index (χ1n) is 34.7. The Hall–Kier alpha value is -3.67. The van der Waals surface area contributed by atoms with Crippen molar-refractivity contribution in [1.82, 2.24) is 0 Å². The van der Waals surface area contributed by atoms with E-state index in [2.05, 4.69) is 118 Å². The Kier molecular flexibility index (Phi) is 65.7. The van der Waals surface area contributed by atoms with Crippen LogP contribution in [0, 0.1) is 0 Å². The van der Waals surface area contributed by atoms with Gasteiger partial charge >= 0.3 is 17.9 Å². The van der Waals surface area contributed by atoms with Crippen LogP contribution in [0.4, 0.5) is 0 Å². The van der Waals surface area contributed by atoms with E-state index in [-0.39, 0.29) is 31.1 Å². The van der Waals surface area contributed by atoms with Crippen molar-refractivity contribution >= 4 is 17.9 Å². The Morgan fingerprint density at radius 2 is 0.481 bits per heavy atom. The molecule has 0 fully saturated rings. The summed E-state index contributed by atoms with van der Waals surface area (Å²) in [5.74, 6) is -0.880. The Morgan fingerprint density at radius 3 is 0.778 bits per heavy atom. The minimum absolute atomic E-state index is 0.0818. The fourth-order valence-electron chi connectivity index (χ4n) is 9.85. The van der Waals surface area contributed by atoms with E-state index < -0.39 is 6.10 Å². The van der Waals surface area contributed by atoms with Gasteiger partial charge in [-0.1, -0.05) is 298 Å². The van der Waals surface area contributed by atoms with E-state index in [0.717, 1.165) is 103 Å². The normalized spacial score (nSPS) is 12.7. The van der Waals surface area contributed by atoms with Gasteiger partial charge in [-0.15, -0.1) is 0 Å². The molecule has 0 bridgehead atoms. The van der Waals surface area contributed by atoms with Gasteiger partial charge in [-0.05, 0) is 122 Å². The van der Waals surface area contributed by atoms with Crippen molar-refractivity contribution in [1.29, 1.82) is 0 Å². The van der Waals surface area contributed by atoms with Gasteiger partial charge in [-0.3, -0.25) is 14.4 Å². The van der Waals surface area contributed by atoms with E-state index >= 15 is 0 Å². The Morgan fingerprint density at radius 1 is 0.259 bits per heavy atom. The first-order chi connectivity index (χ1) is 40.0. The van der Waals surface area contributed by atoms with Crippen LogP contribution in [-0.2, 0) is 28.6 Å². The lowest BCUT2D eigenvalue weighted by molar-refractivity contribution is -0.167. The molecule has 0 rings (SSSR count). The molecule has 6 nitrogen and oxygen atoms in total. The molecule has 0 saturated carbocycles. The van der Waals surface area contributed by atoms with Crippen LogP contribution >= 0.6 is 0 Å². The zero-order valence-corrected chi connectivity index (χ0v) is 53.5. The molecule has 0 aliphatic heterocycles. The summed E-state index contributed by atoms with van der Waals surface area (Å²) in [5, 5.41) is 0. The molecule has 1 atom stereocenters. The number of unbranched alkanes of at least 4 members (excludes halogenated alkanes) is 36. The van der Waals surface area contributed by atoms with E-state index in [1.54, 1.807) is 0 Å². The molecule has 81 heavy (non-hydrogen) atoms. The van der Waals surface area contributed by atoms with Crippen LogP contribution in [0.15, 0.2) is 97.2 Å². The topological polar surface area (TPSA) is 78.9 Å². The third-order valence-electron chi connectivity index (χ3n) is 15.0. The summed E-state index contributed by atoms with van der Waals surface area (Å²) in [6, 6.07) is 0. The molecule has 466 valence electrons. The molecule has 0 aliphatic rings. The standard InChI is InChI=1S/C75H130O6/c1-4-7-10-13-16-19-22-25-28-31-33-35-37-39-41-44-47-50-53-56-59-62-65-68-74(77)80-71-72(70-79-73(76)67-64-61-58-55-52-49-46-43-30-27-24-21-18-15-12-9-6-3)81-75(78)69-66-63-60-57-54-51-48-45-42-40-38-36-34-32-29-26-23-20-17-14-11-8-5-2/h7,10,16,18-19,21,23,25-28,30,32-35,72H,4-6,8-9,11-15,17,20,22,24,29,31,36-71H2,1-3H3/b10-7-,19-16-,21-18-,26-23-,28-25-,30-27-,34-32-,35-33-. The maximum absolute atomic E-state index is 13.0. The van der Waals surface area contributed by atoms with Crippen LogP contribution in [0.25, 0.3) is 0 Å². The van der Waals surface area contributed by atoms with E-state index in [1.807, 2.05) is 0 Å². The number of esters is 3. The highest BCUT2D eigenvalue weighted by Crippen LogP contribution is 2.17. The number of carbonyl (C=O) groups is 3. The molecule has 0 N–H and O–H groups in total. The summed E-state index contributed by atoms with van der Waals surface area (Å²) in [5.41, 5.74) is 0. The van der Waals surface area contributed by atoms with Crippen molar-refractivity contribution in [2.24, 2.45) is 0 Å². The third-order valence-corrected chi connectivity index (χ3v) is 15.0. The summed E-state index contributed by atoms with van der Waals surface area (Å²) in [6.07, 6.45) is 92.7. The van der Waals surface area contributed by atoms with Gasteiger partial charge in [0.15, 0.2) is 6.10 Å². The van der Waals surface area contributed by atoms with E-state index in [0.29, 0.717) is 19.3 Å². The lowest BCUT2D eigenvalue weighted by atomic mass is 10.0. The smallest absolute Gasteiger partial charge is 0.306 e. The molecule has 0 aliphatic carbocycles. The predicted octanol–water partition coefficient (Wildman–Crippen LogP) is 24.0. The number of carbonyl (C=O) groups excluding carboxylic acids is 3. The average molecular weight is 1130 g/mol. The molecular formula is C75H130O6. The lowest BCUT2D eigenvalue weighted by Gasteiger charge is -2.18. The Labute approximate surface area is 502 Å². The lowest BCUT2D eigenvalue weighted by Crippen LogP contribution is -2.30. The predicted molar refractivity (Wildman–Crippen MR) is 353 cm³/mol. The van der Waals surface area contributed by atoms with Crippen molar-refractivity contribution in [3.63, 3.8) is 0 Å². The summed E-state index contributed by atoms with van der Waals surface area (Å²) in [4.78, 5) is 38.5. The number of allylic oxidation sites excluding steroid dienone is 16. The monoisotopic (exact) mass is 1130 g/mol. The minimum atomic E-state index is -0.787. The van der Waals surface area contributed by atoms with Crippen molar-refractivity contribution in [3.8, 4) is 0 Å². The van der Waals surface area contributed by atoms with Crippen LogP contribution in [0.1, 0.15) is 342 Å². The molecule has 0 amide bonds. The highest BCUT2D eigenvalue weighted by molar-refractivity contribution is 5.71. The molecular weight excluding hydrogens is 997 g/mol. The zero-order valence-electron chi connectivity index (χ0n) is 53.5. The summed E-state index contributed by atoms with van der Waals surface area (Å²) in [7, 11) is 0.